The van der Waals surface area contributed by atoms with E-state index in [1.54, 1.807) is 0 Å². The topological polar surface area (TPSA) is 119 Å². The molecule has 8 heteroatoms. The van der Waals surface area contributed by atoms with Crippen molar-refractivity contribution in [1.82, 2.24) is 10.3 Å². The van der Waals surface area contributed by atoms with E-state index in [9.17, 15) is 19.5 Å². The maximum absolute atomic E-state index is 12.0. The van der Waals surface area contributed by atoms with Crippen LogP contribution in [0.5, 0.6) is 0 Å². The van der Waals surface area contributed by atoms with Crippen molar-refractivity contribution in [1.29, 1.82) is 0 Å². The smallest absolute Gasteiger partial charge is 0.326 e. The maximum Gasteiger partial charge on any atom is 0.326 e. The molecule has 0 aliphatic carbocycles. The Hall–Kier alpha value is -1.96. The molecule has 0 unspecified atom stereocenters. The number of nitrogens with zero attached hydrogens (tertiary/aromatic N) is 2. The average molecular weight is 255 g/mol. The first kappa shape index (κ1) is 12.5. The van der Waals surface area contributed by atoms with Gasteiger partial charge in [-0.15, -0.1) is 0 Å². The van der Waals surface area contributed by atoms with Gasteiger partial charge in [0.25, 0.3) is 5.91 Å². The number of carbonyl (C=O) groups excluding carboxylic acids is 2. The van der Waals surface area contributed by atoms with Gasteiger partial charge in [-0.1, -0.05) is 0 Å². The second-order valence-corrected chi connectivity index (χ2v) is 4.29. The molecule has 0 radical (unpaired) electrons. The number of carboxylic acid groups (broad SMARTS) is 1. The lowest BCUT2D eigenvalue weighted by atomic mass is 10.1. The fourth-order valence-corrected chi connectivity index (χ4v) is 2.07. The third-order valence-corrected chi connectivity index (χ3v) is 2.98. The van der Waals surface area contributed by atoms with Crippen molar-refractivity contribution in [2.75, 3.05) is 6.54 Å². The molecule has 1 saturated heterocycles. The highest BCUT2D eigenvalue weighted by atomic mass is 16.4. The molecule has 0 aromatic carbocycles. The third-order valence-electron chi connectivity index (χ3n) is 2.98. The molecule has 1 fully saturated rings. The fraction of sp³-hybridized carbons (Fsp3) is 0.600. The summed E-state index contributed by atoms with van der Waals surface area (Å²) in [5, 5.41) is 22.0. The van der Waals surface area contributed by atoms with E-state index in [0.29, 0.717) is 0 Å². The summed E-state index contributed by atoms with van der Waals surface area (Å²) in [4.78, 5) is 35.0. The summed E-state index contributed by atoms with van der Waals surface area (Å²) in [7, 11) is 0. The molecule has 0 aromatic rings. The van der Waals surface area contributed by atoms with Crippen LogP contribution in [-0.4, -0.2) is 57.3 Å². The number of hydrogen-bond donors (Lipinski definition) is 3. The van der Waals surface area contributed by atoms with Gasteiger partial charge in [-0.25, -0.2) is 10.2 Å². The van der Waals surface area contributed by atoms with Crippen molar-refractivity contribution in [2.24, 2.45) is 5.10 Å². The fourth-order valence-electron chi connectivity index (χ4n) is 2.07. The molecule has 0 aromatic heterocycles. The largest absolute Gasteiger partial charge is 0.480 e. The van der Waals surface area contributed by atoms with Crippen molar-refractivity contribution >= 4 is 23.5 Å². The minimum absolute atomic E-state index is 0.0146. The number of rotatable bonds is 2. The molecule has 98 valence electrons. The normalized spacial score (nSPS) is 27.7. The number of aliphatic hydroxyl groups is 1. The van der Waals surface area contributed by atoms with Gasteiger partial charge in [0, 0.05) is 25.8 Å². The number of carboxylic acids is 1. The zero-order valence-corrected chi connectivity index (χ0v) is 9.50. The Morgan fingerprint density at radius 1 is 1.39 bits per heavy atom. The zero-order chi connectivity index (χ0) is 13.3. The van der Waals surface area contributed by atoms with Crippen LogP contribution in [0.25, 0.3) is 0 Å². The van der Waals surface area contributed by atoms with Crippen LogP contribution in [0.2, 0.25) is 0 Å². The van der Waals surface area contributed by atoms with E-state index in [-0.39, 0.29) is 37.4 Å². The van der Waals surface area contributed by atoms with E-state index in [4.69, 9.17) is 5.11 Å². The first-order valence-electron chi connectivity index (χ1n) is 5.56. The molecule has 2 rings (SSSR count). The van der Waals surface area contributed by atoms with Crippen molar-refractivity contribution in [3.63, 3.8) is 0 Å². The van der Waals surface area contributed by atoms with Gasteiger partial charge in [0.1, 0.15) is 11.8 Å². The number of likely N-dealkylation sites (tertiary alicyclic amines) is 1. The summed E-state index contributed by atoms with van der Waals surface area (Å²) < 4.78 is 0. The summed E-state index contributed by atoms with van der Waals surface area (Å²) in [6, 6.07) is -1.03. The predicted molar refractivity (Wildman–Crippen MR) is 58.6 cm³/mol. The monoisotopic (exact) mass is 255 g/mol. The Morgan fingerprint density at radius 2 is 2.11 bits per heavy atom. The summed E-state index contributed by atoms with van der Waals surface area (Å²) in [5.74, 6) is -1.97. The van der Waals surface area contributed by atoms with E-state index >= 15 is 0 Å². The second kappa shape index (κ2) is 4.73. The number of carbonyl (C=O) groups is 3. The van der Waals surface area contributed by atoms with Crippen LogP contribution < -0.4 is 5.43 Å². The number of aliphatic carboxylic acids is 1. The molecular weight excluding hydrogens is 242 g/mol. The Bertz CT molecular complexity index is 433. The van der Waals surface area contributed by atoms with Gasteiger partial charge in [0.05, 0.1) is 6.10 Å². The highest BCUT2D eigenvalue weighted by molar-refractivity contribution is 6.39. The predicted octanol–water partition coefficient (Wildman–Crippen LogP) is -1.70. The standard InChI is InChI=1S/C10H13N3O5/c14-5-3-7(10(17)18)13(4-5)9(16)6-1-2-8(15)12-11-6/h5,7,14H,1-4H2,(H,12,15)(H,17,18)/t5-,7-/m0/s1. The Morgan fingerprint density at radius 3 is 2.67 bits per heavy atom. The molecule has 0 bridgehead atoms. The van der Waals surface area contributed by atoms with E-state index in [2.05, 4.69) is 10.5 Å². The number of nitrogens with one attached hydrogen (secondary N) is 1. The molecule has 2 aliphatic heterocycles. The van der Waals surface area contributed by atoms with Gasteiger partial charge in [-0.3, -0.25) is 9.59 Å². The Kier molecular flexibility index (Phi) is 3.28. The molecule has 0 saturated carbocycles. The average Bonchev–Trinajstić information content (AvgIpc) is 2.71. The van der Waals surface area contributed by atoms with Crippen LogP contribution in [0.4, 0.5) is 0 Å². The van der Waals surface area contributed by atoms with Gasteiger partial charge >= 0.3 is 5.97 Å². The minimum atomic E-state index is -1.15. The lowest BCUT2D eigenvalue weighted by molar-refractivity contribution is -0.146. The first-order chi connectivity index (χ1) is 8.49. The van der Waals surface area contributed by atoms with E-state index in [1.165, 1.54) is 0 Å². The summed E-state index contributed by atoms with van der Waals surface area (Å²) in [5.41, 5.74) is 2.30. The van der Waals surface area contributed by atoms with Crippen LogP contribution in [0.1, 0.15) is 19.3 Å². The molecule has 2 heterocycles. The minimum Gasteiger partial charge on any atom is -0.480 e. The summed E-state index contributed by atoms with van der Waals surface area (Å²) in [6.07, 6.45) is -0.489. The van der Waals surface area contributed by atoms with E-state index in [0.717, 1.165) is 4.90 Å². The zero-order valence-electron chi connectivity index (χ0n) is 9.50. The highest BCUT2D eigenvalue weighted by Gasteiger charge is 2.40. The van der Waals surface area contributed by atoms with Crippen LogP contribution in [0.3, 0.4) is 0 Å². The molecular formula is C10H13N3O5. The van der Waals surface area contributed by atoms with Crippen molar-refractivity contribution < 1.29 is 24.6 Å². The van der Waals surface area contributed by atoms with Gasteiger partial charge in [0.15, 0.2) is 0 Å². The molecule has 8 nitrogen and oxygen atoms in total. The van der Waals surface area contributed by atoms with Gasteiger partial charge in [-0.2, -0.15) is 5.10 Å². The number of hydrogen-bond acceptors (Lipinski definition) is 5. The molecule has 3 N–H and O–H groups in total. The number of β-amino-alcohol motifs (C(OH)–C–C–N with tert-alkyl or cyclic N) is 1. The van der Waals surface area contributed by atoms with Crippen molar-refractivity contribution in [2.45, 2.75) is 31.4 Å². The highest BCUT2D eigenvalue weighted by Crippen LogP contribution is 2.19. The molecule has 2 amide bonds. The van der Waals surface area contributed by atoms with E-state index in [1.807, 2.05) is 0 Å². The third kappa shape index (κ3) is 2.33. The van der Waals surface area contributed by atoms with Gasteiger partial charge in [-0.05, 0) is 0 Å². The van der Waals surface area contributed by atoms with Crippen LogP contribution in [0, 0.1) is 0 Å². The van der Waals surface area contributed by atoms with Crippen molar-refractivity contribution in [3.05, 3.63) is 0 Å². The SMILES string of the molecule is O=C1CCC(C(=O)N2C[C@@H](O)C[C@H]2C(=O)O)=NN1. The maximum atomic E-state index is 12.0. The lowest BCUT2D eigenvalue weighted by Crippen LogP contribution is -2.45. The van der Waals surface area contributed by atoms with E-state index < -0.39 is 24.0 Å². The molecule has 2 aliphatic rings. The van der Waals surface area contributed by atoms with Gasteiger partial charge < -0.3 is 15.1 Å². The van der Waals surface area contributed by atoms with Crippen LogP contribution in [0.15, 0.2) is 5.10 Å². The molecule has 2 atom stereocenters. The van der Waals surface area contributed by atoms with Crippen LogP contribution >= 0.6 is 0 Å². The Balaban J connectivity index is 2.13. The number of amides is 2. The molecule has 0 spiro atoms. The number of hydrazone groups is 1. The summed E-state index contributed by atoms with van der Waals surface area (Å²) in [6.45, 7) is -0.0250. The van der Waals surface area contributed by atoms with Crippen LogP contribution in [-0.2, 0) is 14.4 Å². The quantitative estimate of drug-likeness (QED) is 0.543. The summed E-state index contributed by atoms with van der Waals surface area (Å²) >= 11 is 0. The lowest BCUT2D eigenvalue weighted by Gasteiger charge is -2.22. The number of aliphatic hydroxyl groups excluding tert-OH is 1. The van der Waals surface area contributed by atoms with Crippen molar-refractivity contribution in [3.8, 4) is 0 Å². The van der Waals surface area contributed by atoms with Gasteiger partial charge in [0.2, 0.25) is 5.91 Å². The Labute approximate surface area is 102 Å². The first-order valence-corrected chi connectivity index (χ1v) is 5.56. The second-order valence-electron chi connectivity index (χ2n) is 4.29. The molecule has 18 heavy (non-hydrogen) atoms.